The van der Waals surface area contributed by atoms with Crippen molar-refractivity contribution in [3.8, 4) is 0 Å². The summed E-state index contributed by atoms with van der Waals surface area (Å²) >= 11 is 0. The zero-order valence-electron chi connectivity index (χ0n) is 18.3. The molecule has 0 heterocycles. The van der Waals surface area contributed by atoms with Crippen LogP contribution in [-0.4, -0.2) is 41.5 Å². The number of amides is 2. The summed E-state index contributed by atoms with van der Waals surface area (Å²) in [6.07, 6.45) is -4.50. The van der Waals surface area contributed by atoms with Crippen LogP contribution in [-0.2, 0) is 17.5 Å². The Morgan fingerprint density at radius 2 is 1.65 bits per heavy atom. The summed E-state index contributed by atoms with van der Waals surface area (Å²) in [4.78, 5) is 27.1. The van der Waals surface area contributed by atoms with Crippen LogP contribution in [0.1, 0.15) is 21.5 Å². The lowest BCUT2D eigenvalue weighted by Gasteiger charge is -2.24. The molecular weight excluding hydrogens is 447 g/mol. The van der Waals surface area contributed by atoms with Crippen molar-refractivity contribution in [3.05, 3.63) is 95.6 Å². The van der Waals surface area contributed by atoms with Gasteiger partial charge < -0.3 is 20.6 Å². The summed E-state index contributed by atoms with van der Waals surface area (Å²) < 4.78 is 39.1. The molecule has 3 N–H and O–H groups in total. The Kier molecular flexibility index (Phi) is 7.91. The first-order valence-corrected chi connectivity index (χ1v) is 10.4. The average Bonchev–Trinajstić information content (AvgIpc) is 2.82. The fourth-order valence-electron chi connectivity index (χ4n) is 3.34. The second-order valence-corrected chi connectivity index (χ2v) is 7.64. The Labute approximate surface area is 195 Å². The summed E-state index contributed by atoms with van der Waals surface area (Å²) in [5.41, 5.74) is 0.564. The Morgan fingerprint density at radius 3 is 2.32 bits per heavy atom. The highest BCUT2D eigenvalue weighted by molar-refractivity contribution is 6.02. The number of aliphatic hydroxyl groups excluding tert-OH is 1. The lowest BCUT2D eigenvalue weighted by atomic mass is 10.1. The number of carbonyl (C=O) groups excluding carboxylic acids is 2. The van der Waals surface area contributed by atoms with E-state index in [2.05, 4.69) is 10.6 Å². The van der Waals surface area contributed by atoms with Gasteiger partial charge in [0.1, 0.15) is 6.04 Å². The van der Waals surface area contributed by atoms with Crippen molar-refractivity contribution < 1.29 is 27.9 Å². The second-order valence-electron chi connectivity index (χ2n) is 7.64. The third-order valence-corrected chi connectivity index (χ3v) is 5.07. The van der Waals surface area contributed by atoms with E-state index in [0.29, 0.717) is 6.54 Å². The molecule has 6 nitrogen and oxygen atoms in total. The first-order chi connectivity index (χ1) is 16.2. The van der Waals surface area contributed by atoms with Crippen molar-refractivity contribution in [2.75, 3.05) is 19.0 Å². The van der Waals surface area contributed by atoms with Gasteiger partial charge in [0.2, 0.25) is 5.91 Å². The summed E-state index contributed by atoms with van der Waals surface area (Å²) in [7, 11) is 1.56. The Balaban J connectivity index is 1.74. The standard InChI is InChI=1S/C25H24F3N3O3/c1-31(15-17-8-3-2-4-9-17)24(34)22(16-32)30-23(33)20-12-5-6-13-21(20)29-19-11-7-10-18(14-19)25(26,27)28/h2-14,22,29,32H,15-16H2,1H3,(H,30,33)/t22-/m0/s1. The lowest BCUT2D eigenvalue weighted by molar-refractivity contribution is -0.137. The molecule has 0 unspecified atom stereocenters. The van der Waals surface area contributed by atoms with E-state index in [1.165, 1.54) is 29.2 Å². The van der Waals surface area contributed by atoms with Crippen molar-refractivity contribution in [2.24, 2.45) is 0 Å². The molecule has 3 rings (SSSR count). The van der Waals surface area contributed by atoms with Crippen LogP contribution in [0, 0.1) is 0 Å². The van der Waals surface area contributed by atoms with Crippen molar-refractivity contribution in [1.29, 1.82) is 0 Å². The van der Waals surface area contributed by atoms with Gasteiger partial charge in [0.25, 0.3) is 5.91 Å². The number of aliphatic hydroxyl groups is 1. The van der Waals surface area contributed by atoms with Gasteiger partial charge in [0, 0.05) is 19.3 Å². The topological polar surface area (TPSA) is 81.7 Å². The van der Waals surface area contributed by atoms with Gasteiger partial charge in [-0.1, -0.05) is 48.5 Å². The van der Waals surface area contributed by atoms with Crippen LogP contribution in [0.4, 0.5) is 24.5 Å². The molecule has 3 aromatic carbocycles. The van der Waals surface area contributed by atoms with Gasteiger partial charge in [-0.2, -0.15) is 13.2 Å². The highest BCUT2D eigenvalue weighted by atomic mass is 19.4. The van der Waals surface area contributed by atoms with Gasteiger partial charge in [0.15, 0.2) is 0 Å². The highest BCUT2D eigenvalue weighted by Crippen LogP contribution is 2.31. The second kappa shape index (κ2) is 10.8. The molecule has 0 aliphatic rings. The average molecular weight is 471 g/mol. The van der Waals surface area contributed by atoms with E-state index in [1.54, 1.807) is 19.2 Å². The number of alkyl halides is 3. The summed E-state index contributed by atoms with van der Waals surface area (Å²) in [6.45, 7) is -0.327. The van der Waals surface area contributed by atoms with Crippen LogP contribution in [0.15, 0.2) is 78.9 Å². The quantitative estimate of drug-likeness (QED) is 0.460. The van der Waals surface area contributed by atoms with Gasteiger partial charge in [-0.25, -0.2) is 0 Å². The molecule has 2 amide bonds. The fourth-order valence-corrected chi connectivity index (χ4v) is 3.34. The number of halogens is 3. The molecule has 1 atom stereocenters. The van der Waals surface area contributed by atoms with Crippen molar-refractivity contribution >= 4 is 23.2 Å². The molecule has 0 aliphatic heterocycles. The monoisotopic (exact) mass is 471 g/mol. The highest BCUT2D eigenvalue weighted by Gasteiger charge is 2.30. The van der Waals surface area contributed by atoms with Crippen LogP contribution < -0.4 is 10.6 Å². The van der Waals surface area contributed by atoms with Gasteiger partial charge in [-0.3, -0.25) is 9.59 Å². The van der Waals surface area contributed by atoms with Gasteiger partial charge in [-0.05, 0) is 35.9 Å². The van der Waals surface area contributed by atoms with Crippen LogP contribution >= 0.6 is 0 Å². The zero-order valence-corrected chi connectivity index (χ0v) is 18.3. The zero-order chi connectivity index (χ0) is 24.7. The minimum Gasteiger partial charge on any atom is -0.394 e. The van der Waals surface area contributed by atoms with Crippen LogP contribution in [0.3, 0.4) is 0 Å². The van der Waals surface area contributed by atoms with E-state index in [-0.39, 0.29) is 16.9 Å². The third-order valence-electron chi connectivity index (χ3n) is 5.07. The number of benzene rings is 3. The Bertz CT molecular complexity index is 1140. The SMILES string of the molecule is CN(Cc1ccccc1)C(=O)[C@H](CO)NC(=O)c1ccccc1Nc1cccc(C(F)(F)F)c1. The van der Waals surface area contributed by atoms with E-state index < -0.39 is 36.2 Å². The molecule has 9 heteroatoms. The minimum absolute atomic E-state index is 0.108. The first-order valence-electron chi connectivity index (χ1n) is 10.4. The van der Waals surface area contributed by atoms with Gasteiger partial charge in [-0.15, -0.1) is 0 Å². The number of para-hydroxylation sites is 1. The predicted molar refractivity (Wildman–Crippen MR) is 122 cm³/mol. The molecular formula is C25H24F3N3O3. The molecule has 0 fully saturated rings. The molecule has 0 aliphatic carbocycles. The van der Waals surface area contributed by atoms with E-state index >= 15 is 0 Å². The number of hydrogen-bond acceptors (Lipinski definition) is 4. The summed E-state index contributed by atoms with van der Waals surface area (Å²) in [6, 6.07) is 18.9. The summed E-state index contributed by atoms with van der Waals surface area (Å²) in [5.74, 6) is -1.14. The maximum atomic E-state index is 13.0. The van der Waals surface area contributed by atoms with Crippen LogP contribution in [0.2, 0.25) is 0 Å². The summed E-state index contributed by atoms with van der Waals surface area (Å²) in [5, 5.41) is 15.1. The van der Waals surface area contributed by atoms with Crippen molar-refractivity contribution in [1.82, 2.24) is 10.2 Å². The number of nitrogens with zero attached hydrogens (tertiary/aromatic N) is 1. The normalized spacial score (nSPS) is 12.0. The van der Waals surface area contributed by atoms with Gasteiger partial charge in [0.05, 0.1) is 23.4 Å². The van der Waals surface area contributed by atoms with Crippen LogP contribution in [0.5, 0.6) is 0 Å². The van der Waals surface area contributed by atoms with E-state index in [4.69, 9.17) is 0 Å². The number of anilines is 2. The fraction of sp³-hybridized carbons (Fsp3) is 0.200. The maximum absolute atomic E-state index is 13.0. The number of nitrogens with one attached hydrogen (secondary N) is 2. The third kappa shape index (κ3) is 6.35. The van der Waals surface area contributed by atoms with E-state index in [1.807, 2.05) is 30.3 Å². The molecule has 178 valence electrons. The number of rotatable bonds is 8. The number of hydrogen-bond donors (Lipinski definition) is 3. The minimum atomic E-state index is -4.50. The molecule has 0 saturated heterocycles. The van der Waals surface area contributed by atoms with Crippen molar-refractivity contribution in [2.45, 2.75) is 18.8 Å². The lowest BCUT2D eigenvalue weighted by Crippen LogP contribution is -2.49. The molecule has 0 bridgehead atoms. The molecule has 0 aromatic heterocycles. The Morgan fingerprint density at radius 1 is 0.971 bits per heavy atom. The molecule has 0 radical (unpaired) electrons. The predicted octanol–water partition coefficient (Wildman–Crippen LogP) is 4.20. The van der Waals surface area contributed by atoms with E-state index in [9.17, 15) is 27.9 Å². The largest absolute Gasteiger partial charge is 0.416 e. The molecule has 0 saturated carbocycles. The molecule has 34 heavy (non-hydrogen) atoms. The smallest absolute Gasteiger partial charge is 0.394 e. The number of carbonyl (C=O) groups is 2. The molecule has 3 aromatic rings. The van der Waals surface area contributed by atoms with E-state index in [0.717, 1.165) is 17.7 Å². The number of likely N-dealkylation sites (N-methyl/N-ethyl adjacent to an activating group) is 1. The molecule has 0 spiro atoms. The van der Waals surface area contributed by atoms with Gasteiger partial charge >= 0.3 is 6.18 Å². The van der Waals surface area contributed by atoms with Crippen molar-refractivity contribution in [3.63, 3.8) is 0 Å². The van der Waals surface area contributed by atoms with Crippen LogP contribution in [0.25, 0.3) is 0 Å². The first kappa shape index (κ1) is 24.8. The Hall–Kier alpha value is -3.85. The maximum Gasteiger partial charge on any atom is 0.416 e.